The van der Waals surface area contributed by atoms with E-state index in [1.165, 1.54) is 6.08 Å². The minimum absolute atomic E-state index is 0.193. The van der Waals surface area contributed by atoms with E-state index in [9.17, 15) is 21.6 Å². The van der Waals surface area contributed by atoms with Crippen molar-refractivity contribution in [3.05, 3.63) is 42.2 Å². The number of hydrogen-bond donors (Lipinski definition) is 1. The summed E-state index contributed by atoms with van der Waals surface area (Å²) < 4.78 is 64.1. The van der Waals surface area contributed by atoms with Gasteiger partial charge in [-0.25, -0.2) is 21.6 Å². The van der Waals surface area contributed by atoms with Crippen LogP contribution < -0.4 is 0 Å². The molecule has 0 aliphatic carbocycles. The second-order valence-corrected chi connectivity index (χ2v) is 5.46. The summed E-state index contributed by atoms with van der Waals surface area (Å²) in [6, 6.07) is 1.16. The average Bonchev–Trinajstić information content (AvgIpc) is 2.35. The number of aliphatic hydroxyl groups excluding tert-OH is 1. The molecule has 1 aromatic rings. The summed E-state index contributed by atoms with van der Waals surface area (Å²) in [7, 11) is -4.37. The third-order valence-corrected chi connectivity index (χ3v) is 4.18. The topological polar surface area (TPSA) is 57.6 Å². The monoisotopic (exact) mass is 295 g/mol. The van der Waals surface area contributed by atoms with Gasteiger partial charge in [0, 0.05) is 13.1 Å². The van der Waals surface area contributed by atoms with E-state index in [4.69, 9.17) is 5.11 Å². The summed E-state index contributed by atoms with van der Waals surface area (Å²) in [5, 5.41) is 8.77. The van der Waals surface area contributed by atoms with Gasteiger partial charge in [0.2, 0.25) is 10.0 Å². The molecule has 0 aromatic heterocycles. The molecule has 0 atom stereocenters. The Bertz CT molecular complexity index is 575. The number of aliphatic hydroxyl groups is 1. The Hall–Kier alpha value is -1.38. The van der Waals surface area contributed by atoms with Gasteiger partial charge in [-0.15, -0.1) is 6.58 Å². The van der Waals surface area contributed by atoms with Crippen LogP contribution in [0.1, 0.15) is 0 Å². The summed E-state index contributed by atoms with van der Waals surface area (Å²) in [6.07, 6.45) is 1.23. The number of benzene rings is 1. The van der Waals surface area contributed by atoms with Crippen LogP contribution in [0, 0.1) is 17.5 Å². The van der Waals surface area contributed by atoms with E-state index in [1.54, 1.807) is 0 Å². The molecule has 0 heterocycles. The lowest BCUT2D eigenvalue weighted by Crippen LogP contribution is -2.34. The molecule has 0 saturated heterocycles. The van der Waals surface area contributed by atoms with Crippen molar-refractivity contribution in [1.82, 2.24) is 4.31 Å². The Morgan fingerprint density at radius 2 is 1.89 bits per heavy atom. The molecule has 0 saturated carbocycles. The summed E-state index contributed by atoms with van der Waals surface area (Å²) >= 11 is 0. The SMILES string of the molecule is C=CCN(CCO)S(=O)(=O)c1ccc(F)c(F)c1F. The number of sulfonamides is 1. The molecule has 0 bridgehead atoms. The molecule has 1 N–H and O–H groups in total. The zero-order chi connectivity index (χ0) is 14.6. The number of nitrogens with zero attached hydrogens (tertiary/aromatic N) is 1. The van der Waals surface area contributed by atoms with Crippen LogP contribution in [-0.4, -0.2) is 37.5 Å². The third-order valence-electron chi connectivity index (χ3n) is 2.30. The molecule has 0 fully saturated rings. The minimum Gasteiger partial charge on any atom is -0.395 e. The Balaban J connectivity index is 3.33. The van der Waals surface area contributed by atoms with Gasteiger partial charge in [0.05, 0.1) is 6.61 Å². The molecule has 0 aliphatic rings. The molecule has 106 valence electrons. The fourth-order valence-electron chi connectivity index (χ4n) is 1.41. The molecule has 4 nitrogen and oxygen atoms in total. The molecule has 0 spiro atoms. The summed E-state index contributed by atoms with van der Waals surface area (Å²) in [5.41, 5.74) is 0. The van der Waals surface area contributed by atoms with Crippen molar-refractivity contribution in [3.8, 4) is 0 Å². The smallest absolute Gasteiger partial charge is 0.246 e. The second-order valence-electron chi connectivity index (χ2n) is 3.55. The van der Waals surface area contributed by atoms with Crippen molar-refractivity contribution in [3.63, 3.8) is 0 Å². The molecule has 19 heavy (non-hydrogen) atoms. The van der Waals surface area contributed by atoms with E-state index in [0.717, 1.165) is 0 Å². The number of rotatable bonds is 6. The van der Waals surface area contributed by atoms with Crippen molar-refractivity contribution in [1.29, 1.82) is 0 Å². The first-order chi connectivity index (χ1) is 8.86. The van der Waals surface area contributed by atoms with Gasteiger partial charge in [-0.05, 0) is 12.1 Å². The van der Waals surface area contributed by atoms with E-state index in [-0.39, 0.29) is 13.1 Å². The van der Waals surface area contributed by atoms with Gasteiger partial charge in [0.1, 0.15) is 4.90 Å². The van der Waals surface area contributed by atoms with Crippen molar-refractivity contribution in [2.75, 3.05) is 19.7 Å². The maximum absolute atomic E-state index is 13.5. The van der Waals surface area contributed by atoms with Crippen molar-refractivity contribution in [2.24, 2.45) is 0 Å². The molecule has 1 aromatic carbocycles. The molecule has 8 heteroatoms. The quantitative estimate of drug-likeness (QED) is 0.635. The van der Waals surface area contributed by atoms with E-state index in [1.807, 2.05) is 0 Å². The molecule has 0 radical (unpaired) electrons. The van der Waals surface area contributed by atoms with Gasteiger partial charge in [-0.1, -0.05) is 6.08 Å². The Labute approximate surface area is 108 Å². The fraction of sp³-hybridized carbons (Fsp3) is 0.273. The highest BCUT2D eigenvalue weighted by Gasteiger charge is 2.29. The fourth-order valence-corrected chi connectivity index (χ4v) is 2.87. The normalized spacial score (nSPS) is 11.8. The number of halogens is 3. The molecular formula is C11H12F3NO3S. The lowest BCUT2D eigenvalue weighted by atomic mass is 10.3. The van der Waals surface area contributed by atoms with Crippen LogP contribution in [0.25, 0.3) is 0 Å². The maximum atomic E-state index is 13.5. The van der Waals surface area contributed by atoms with Crippen molar-refractivity contribution < 1.29 is 26.7 Å². The van der Waals surface area contributed by atoms with Gasteiger partial charge >= 0.3 is 0 Å². The zero-order valence-electron chi connectivity index (χ0n) is 9.81. The first-order valence-corrected chi connectivity index (χ1v) is 6.65. The van der Waals surface area contributed by atoms with Crippen LogP contribution in [-0.2, 0) is 10.0 Å². The van der Waals surface area contributed by atoms with Crippen LogP contribution >= 0.6 is 0 Å². The average molecular weight is 295 g/mol. The van der Waals surface area contributed by atoms with Crippen LogP contribution in [0.5, 0.6) is 0 Å². The van der Waals surface area contributed by atoms with Gasteiger partial charge in [0.15, 0.2) is 17.5 Å². The summed E-state index contributed by atoms with van der Waals surface area (Å²) in [4.78, 5) is -0.985. The molecule has 0 unspecified atom stereocenters. The molecule has 1 rings (SSSR count). The minimum atomic E-state index is -4.37. The first kappa shape index (κ1) is 15.7. The van der Waals surface area contributed by atoms with E-state index < -0.39 is 39.0 Å². The predicted octanol–water partition coefficient (Wildman–Crippen LogP) is 1.27. The maximum Gasteiger partial charge on any atom is 0.246 e. The largest absolute Gasteiger partial charge is 0.395 e. The van der Waals surface area contributed by atoms with Crippen LogP contribution in [0.2, 0.25) is 0 Å². The zero-order valence-corrected chi connectivity index (χ0v) is 10.6. The van der Waals surface area contributed by atoms with E-state index >= 15 is 0 Å². The van der Waals surface area contributed by atoms with Crippen LogP contribution in [0.15, 0.2) is 29.7 Å². The Morgan fingerprint density at radius 1 is 1.26 bits per heavy atom. The van der Waals surface area contributed by atoms with Crippen molar-refractivity contribution >= 4 is 10.0 Å². The van der Waals surface area contributed by atoms with Crippen molar-refractivity contribution in [2.45, 2.75) is 4.90 Å². The summed E-state index contributed by atoms with van der Waals surface area (Å²) in [5.74, 6) is -5.12. The van der Waals surface area contributed by atoms with Crippen LogP contribution in [0.3, 0.4) is 0 Å². The van der Waals surface area contributed by atoms with Gasteiger partial charge in [0.25, 0.3) is 0 Å². The van der Waals surface area contributed by atoms with Crippen LogP contribution in [0.4, 0.5) is 13.2 Å². The molecule has 0 amide bonds. The Kier molecular flexibility index (Phi) is 5.10. The van der Waals surface area contributed by atoms with E-state index in [2.05, 4.69) is 6.58 Å². The first-order valence-electron chi connectivity index (χ1n) is 5.21. The highest BCUT2D eigenvalue weighted by atomic mass is 32.2. The Morgan fingerprint density at radius 3 is 2.42 bits per heavy atom. The standard InChI is InChI=1S/C11H12F3NO3S/c1-2-5-15(6-7-16)19(17,18)9-4-3-8(12)10(13)11(9)14/h2-4,16H,1,5-7H2. The lowest BCUT2D eigenvalue weighted by molar-refractivity contribution is 0.260. The molecule has 0 aliphatic heterocycles. The predicted molar refractivity (Wildman–Crippen MR) is 62.4 cm³/mol. The van der Waals surface area contributed by atoms with Gasteiger partial charge in [-0.3, -0.25) is 0 Å². The third kappa shape index (κ3) is 3.14. The number of hydrogen-bond acceptors (Lipinski definition) is 3. The van der Waals surface area contributed by atoms with Gasteiger partial charge < -0.3 is 5.11 Å². The summed E-state index contributed by atoms with van der Waals surface area (Å²) in [6.45, 7) is 2.32. The lowest BCUT2D eigenvalue weighted by Gasteiger charge is -2.20. The highest BCUT2D eigenvalue weighted by Crippen LogP contribution is 2.22. The highest BCUT2D eigenvalue weighted by molar-refractivity contribution is 7.89. The second kappa shape index (κ2) is 6.18. The molecular weight excluding hydrogens is 283 g/mol. The van der Waals surface area contributed by atoms with E-state index in [0.29, 0.717) is 16.4 Å². The van der Waals surface area contributed by atoms with Gasteiger partial charge in [-0.2, -0.15) is 4.31 Å².